The molecule has 0 spiro atoms. The van der Waals surface area contributed by atoms with E-state index in [2.05, 4.69) is 28.3 Å². The predicted octanol–water partition coefficient (Wildman–Crippen LogP) is 5.21. The number of benzene rings is 2. The Morgan fingerprint density at radius 3 is 2.88 bits per heavy atom. The number of thioether (sulfide) groups is 2. The largest absolute Gasteiger partial charge is 0.338 e. The average Bonchev–Trinajstić information content (AvgIpc) is 3.09. The molecular weight excluding hydrogens is 338 g/mol. The number of hydrogen-bond acceptors (Lipinski definition) is 6. The van der Waals surface area contributed by atoms with Crippen LogP contribution in [0.15, 0.2) is 58.0 Å². The molecule has 0 aliphatic carbocycles. The highest BCUT2D eigenvalue weighted by Crippen LogP contribution is 2.35. The summed E-state index contributed by atoms with van der Waals surface area (Å²) < 4.78 is 6.43. The molecule has 0 bridgehead atoms. The monoisotopic (exact) mass is 353 g/mol. The first-order valence-corrected chi connectivity index (χ1v) is 9.57. The molecule has 120 valence electrons. The van der Waals surface area contributed by atoms with E-state index >= 15 is 0 Å². The minimum atomic E-state index is 0.625. The molecule has 6 heteroatoms. The number of rotatable bonds is 3. The van der Waals surface area contributed by atoms with Crippen molar-refractivity contribution >= 4 is 33.6 Å². The second kappa shape index (κ2) is 6.83. The summed E-state index contributed by atoms with van der Waals surface area (Å²) >= 11 is 3.40. The molecule has 0 saturated carbocycles. The van der Waals surface area contributed by atoms with Crippen LogP contribution < -0.4 is 0 Å². The number of nitrogens with zero attached hydrogens (tertiary/aromatic N) is 3. The van der Waals surface area contributed by atoms with Crippen molar-refractivity contribution in [1.29, 1.82) is 0 Å². The summed E-state index contributed by atoms with van der Waals surface area (Å²) in [7, 11) is 0. The Morgan fingerprint density at radius 2 is 1.96 bits per heavy atom. The molecule has 2 aromatic carbocycles. The van der Waals surface area contributed by atoms with Gasteiger partial charge in [-0.2, -0.15) is 4.98 Å². The summed E-state index contributed by atoms with van der Waals surface area (Å²) in [4.78, 5) is 9.20. The maximum absolute atomic E-state index is 5.39. The Morgan fingerprint density at radius 1 is 1.12 bits per heavy atom. The van der Waals surface area contributed by atoms with Gasteiger partial charge in [0.2, 0.25) is 11.7 Å². The molecule has 0 radical (unpaired) electrons. The molecule has 2 heterocycles. The molecule has 1 aromatic heterocycles. The van der Waals surface area contributed by atoms with Gasteiger partial charge in [-0.15, -0.1) is 0 Å². The van der Waals surface area contributed by atoms with E-state index in [1.165, 1.54) is 5.56 Å². The Balaban J connectivity index is 1.46. The summed E-state index contributed by atoms with van der Waals surface area (Å²) in [5.41, 5.74) is 4.49. The number of fused-ring (bicyclic) bond motifs is 1. The predicted molar refractivity (Wildman–Crippen MR) is 101 cm³/mol. The van der Waals surface area contributed by atoms with Crippen LogP contribution in [0.25, 0.3) is 11.4 Å². The van der Waals surface area contributed by atoms with Crippen LogP contribution in [0.5, 0.6) is 0 Å². The number of aromatic nitrogens is 2. The molecule has 1 aliphatic heterocycles. The van der Waals surface area contributed by atoms with Crippen LogP contribution in [-0.4, -0.2) is 14.5 Å². The first kappa shape index (κ1) is 15.5. The lowest BCUT2D eigenvalue weighted by Crippen LogP contribution is -1.96. The van der Waals surface area contributed by atoms with E-state index in [9.17, 15) is 0 Å². The van der Waals surface area contributed by atoms with E-state index in [1.54, 1.807) is 23.5 Å². The van der Waals surface area contributed by atoms with Crippen molar-refractivity contribution in [3.63, 3.8) is 0 Å². The number of hydrogen-bond donors (Lipinski definition) is 0. The Labute approximate surface area is 148 Å². The van der Waals surface area contributed by atoms with Crippen LogP contribution in [0.4, 0.5) is 5.69 Å². The molecular formula is C18H15N3OS2. The van der Waals surface area contributed by atoms with Gasteiger partial charge in [-0.25, -0.2) is 4.99 Å². The summed E-state index contributed by atoms with van der Waals surface area (Å²) in [6.07, 6.45) is 0. The van der Waals surface area contributed by atoms with Gasteiger partial charge in [-0.3, -0.25) is 0 Å². The number of aliphatic imine (C=N–C) groups is 1. The highest BCUT2D eigenvalue weighted by Gasteiger charge is 2.15. The van der Waals surface area contributed by atoms with Crippen molar-refractivity contribution in [3.05, 3.63) is 65.5 Å². The van der Waals surface area contributed by atoms with Gasteiger partial charge in [0.1, 0.15) is 4.38 Å². The molecule has 0 N–H and O–H groups in total. The van der Waals surface area contributed by atoms with Crippen LogP contribution in [0.3, 0.4) is 0 Å². The minimum absolute atomic E-state index is 0.625. The average molecular weight is 353 g/mol. The second-order valence-corrected chi connectivity index (χ2v) is 7.60. The van der Waals surface area contributed by atoms with Crippen molar-refractivity contribution in [2.24, 2.45) is 4.99 Å². The molecule has 0 amide bonds. The van der Waals surface area contributed by atoms with E-state index in [0.29, 0.717) is 17.5 Å². The Hall–Kier alpha value is -2.05. The van der Waals surface area contributed by atoms with Gasteiger partial charge in [-0.05, 0) is 24.1 Å². The molecule has 4 nitrogen and oxygen atoms in total. The molecule has 4 rings (SSSR count). The molecule has 0 unspecified atom stereocenters. The fourth-order valence-corrected chi connectivity index (χ4v) is 4.36. The van der Waals surface area contributed by atoms with Crippen LogP contribution in [0, 0.1) is 6.92 Å². The first-order valence-electron chi connectivity index (χ1n) is 7.60. The van der Waals surface area contributed by atoms with Gasteiger partial charge >= 0.3 is 0 Å². The first-order chi connectivity index (χ1) is 11.8. The SMILES string of the molecule is Cc1ccccc1-c1noc(CSC2=Nc3ccccc3CS2)n1. The van der Waals surface area contributed by atoms with E-state index < -0.39 is 0 Å². The van der Waals surface area contributed by atoms with Crippen LogP contribution >= 0.6 is 23.5 Å². The third-order valence-corrected chi connectivity index (χ3v) is 5.96. The van der Waals surface area contributed by atoms with E-state index in [1.807, 2.05) is 37.3 Å². The summed E-state index contributed by atoms with van der Waals surface area (Å²) in [5, 5.41) is 4.10. The summed E-state index contributed by atoms with van der Waals surface area (Å²) in [6, 6.07) is 16.3. The van der Waals surface area contributed by atoms with E-state index in [-0.39, 0.29) is 0 Å². The van der Waals surface area contributed by atoms with Crippen molar-refractivity contribution in [3.8, 4) is 11.4 Å². The molecule has 3 aromatic rings. The van der Waals surface area contributed by atoms with Gasteiger partial charge in [0.15, 0.2) is 0 Å². The van der Waals surface area contributed by atoms with Gasteiger partial charge in [0.25, 0.3) is 0 Å². The maximum Gasteiger partial charge on any atom is 0.237 e. The summed E-state index contributed by atoms with van der Waals surface area (Å²) in [5.74, 6) is 2.86. The fraction of sp³-hybridized carbons (Fsp3) is 0.167. The molecule has 24 heavy (non-hydrogen) atoms. The normalized spacial score (nSPS) is 13.5. The molecule has 1 aliphatic rings. The van der Waals surface area contributed by atoms with Gasteiger partial charge < -0.3 is 4.52 Å². The summed E-state index contributed by atoms with van der Waals surface area (Å²) in [6.45, 7) is 2.05. The molecule has 0 atom stereocenters. The van der Waals surface area contributed by atoms with Crippen molar-refractivity contribution in [1.82, 2.24) is 10.1 Å². The zero-order valence-electron chi connectivity index (χ0n) is 13.1. The minimum Gasteiger partial charge on any atom is -0.338 e. The van der Waals surface area contributed by atoms with E-state index in [4.69, 9.17) is 9.52 Å². The third-order valence-electron chi connectivity index (χ3n) is 3.73. The molecule has 0 saturated heterocycles. The zero-order valence-corrected chi connectivity index (χ0v) is 14.7. The van der Waals surface area contributed by atoms with Crippen LogP contribution in [-0.2, 0) is 11.5 Å². The fourth-order valence-electron chi connectivity index (χ4n) is 2.46. The van der Waals surface area contributed by atoms with Crippen molar-refractivity contribution in [2.75, 3.05) is 0 Å². The topological polar surface area (TPSA) is 51.3 Å². The Kier molecular flexibility index (Phi) is 4.40. The van der Waals surface area contributed by atoms with E-state index in [0.717, 1.165) is 26.9 Å². The highest BCUT2D eigenvalue weighted by atomic mass is 32.2. The van der Waals surface area contributed by atoms with Crippen molar-refractivity contribution in [2.45, 2.75) is 18.4 Å². The molecule has 0 fully saturated rings. The quantitative estimate of drug-likeness (QED) is 0.647. The second-order valence-electron chi connectivity index (χ2n) is 5.41. The maximum atomic E-state index is 5.39. The standard InChI is InChI=1S/C18H15N3OS2/c1-12-6-2-4-8-14(12)17-20-16(22-21-17)11-24-18-19-15-9-5-3-7-13(15)10-23-18/h2-9H,10-11H2,1H3. The highest BCUT2D eigenvalue weighted by molar-refractivity contribution is 8.38. The van der Waals surface area contributed by atoms with Gasteiger partial charge in [0.05, 0.1) is 11.4 Å². The lowest BCUT2D eigenvalue weighted by molar-refractivity contribution is 0.392. The van der Waals surface area contributed by atoms with Crippen LogP contribution in [0.1, 0.15) is 17.0 Å². The lowest BCUT2D eigenvalue weighted by atomic mass is 10.1. The number of aryl methyl sites for hydroxylation is 1. The lowest BCUT2D eigenvalue weighted by Gasteiger charge is -2.13. The Bertz CT molecular complexity index is 905. The van der Waals surface area contributed by atoms with Crippen molar-refractivity contribution < 1.29 is 4.52 Å². The zero-order chi connectivity index (χ0) is 16.4. The smallest absolute Gasteiger partial charge is 0.237 e. The van der Waals surface area contributed by atoms with Gasteiger partial charge in [-0.1, -0.05) is 71.1 Å². The number of para-hydroxylation sites is 1. The van der Waals surface area contributed by atoms with Gasteiger partial charge in [0, 0.05) is 11.3 Å². The van der Waals surface area contributed by atoms with Crippen LogP contribution in [0.2, 0.25) is 0 Å². The third kappa shape index (κ3) is 3.25.